The number of hydrogen-bond acceptors (Lipinski definition) is 4. The lowest BCUT2D eigenvalue weighted by Crippen LogP contribution is -2.50. The summed E-state index contributed by atoms with van der Waals surface area (Å²) in [5, 5.41) is 14.0. The molecule has 1 saturated heterocycles. The summed E-state index contributed by atoms with van der Waals surface area (Å²) in [7, 11) is 0. The minimum absolute atomic E-state index is 0.182. The van der Waals surface area contributed by atoms with E-state index in [0.717, 1.165) is 31.0 Å². The Labute approximate surface area is 135 Å². The molecule has 3 rings (SSSR count). The largest absolute Gasteiger partial charge is 0.384 e. The molecule has 1 fully saturated rings. The first-order valence-corrected chi connectivity index (χ1v) is 7.92. The number of piperazine rings is 1. The second-order valence-corrected chi connectivity index (χ2v) is 5.86. The van der Waals surface area contributed by atoms with Crippen molar-refractivity contribution in [3.8, 4) is 5.69 Å². The van der Waals surface area contributed by atoms with Crippen molar-refractivity contribution < 1.29 is 9.90 Å². The Hall–Kier alpha value is -2.18. The average molecular weight is 314 g/mol. The summed E-state index contributed by atoms with van der Waals surface area (Å²) < 4.78 is 1.88. The summed E-state index contributed by atoms with van der Waals surface area (Å²) in [6.07, 6.45) is 1.06. The van der Waals surface area contributed by atoms with Crippen LogP contribution < -0.4 is 0 Å². The summed E-state index contributed by atoms with van der Waals surface area (Å²) >= 11 is 0. The van der Waals surface area contributed by atoms with Crippen molar-refractivity contribution in [3.63, 3.8) is 0 Å². The second kappa shape index (κ2) is 6.93. The number of rotatable bonds is 4. The van der Waals surface area contributed by atoms with Crippen molar-refractivity contribution in [2.24, 2.45) is 0 Å². The summed E-state index contributed by atoms with van der Waals surface area (Å²) in [6.45, 7) is 5.21. The lowest BCUT2D eigenvalue weighted by molar-refractivity contribution is -0.141. The third kappa shape index (κ3) is 3.78. The fourth-order valence-corrected chi connectivity index (χ4v) is 2.79. The highest BCUT2D eigenvalue weighted by Crippen LogP contribution is 2.11. The van der Waals surface area contributed by atoms with Crippen LogP contribution in [-0.4, -0.2) is 62.9 Å². The van der Waals surface area contributed by atoms with E-state index in [2.05, 4.69) is 10.00 Å². The van der Waals surface area contributed by atoms with Crippen LogP contribution in [0.3, 0.4) is 0 Å². The third-order valence-electron chi connectivity index (χ3n) is 4.09. The van der Waals surface area contributed by atoms with Gasteiger partial charge in [0.25, 0.3) is 5.91 Å². The van der Waals surface area contributed by atoms with Crippen LogP contribution in [0, 0.1) is 0 Å². The highest BCUT2D eigenvalue weighted by Gasteiger charge is 2.23. The summed E-state index contributed by atoms with van der Waals surface area (Å²) in [4.78, 5) is 15.8. The Morgan fingerprint density at radius 1 is 1.17 bits per heavy atom. The number of amides is 1. The van der Waals surface area contributed by atoms with Crippen LogP contribution in [0.15, 0.2) is 42.6 Å². The molecule has 2 aromatic rings. The minimum atomic E-state index is -0.914. The zero-order valence-corrected chi connectivity index (χ0v) is 13.3. The predicted octanol–water partition coefficient (Wildman–Crippen LogP) is 0.897. The van der Waals surface area contributed by atoms with E-state index in [1.807, 2.05) is 47.3 Å². The monoisotopic (exact) mass is 314 g/mol. The maximum absolute atomic E-state index is 11.8. The molecule has 6 heteroatoms. The molecule has 2 heterocycles. The van der Waals surface area contributed by atoms with E-state index in [9.17, 15) is 9.90 Å². The van der Waals surface area contributed by atoms with Crippen LogP contribution >= 0.6 is 0 Å². The molecule has 1 atom stereocenters. The predicted molar refractivity (Wildman–Crippen MR) is 87.1 cm³/mol. The number of hydrogen-bond donors (Lipinski definition) is 1. The van der Waals surface area contributed by atoms with Gasteiger partial charge in [-0.05, 0) is 25.1 Å². The van der Waals surface area contributed by atoms with Gasteiger partial charge in [0.1, 0.15) is 6.10 Å². The summed E-state index contributed by atoms with van der Waals surface area (Å²) in [6, 6.07) is 12.1. The molecule has 6 nitrogen and oxygen atoms in total. The van der Waals surface area contributed by atoms with E-state index < -0.39 is 6.10 Å². The number of aliphatic hydroxyl groups is 1. The molecule has 1 aliphatic rings. The molecule has 0 bridgehead atoms. The van der Waals surface area contributed by atoms with Crippen LogP contribution in [0.4, 0.5) is 0 Å². The Morgan fingerprint density at radius 2 is 1.87 bits per heavy atom. The zero-order chi connectivity index (χ0) is 16.2. The molecule has 0 radical (unpaired) electrons. The van der Waals surface area contributed by atoms with Gasteiger partial charge in [0, 0.05) is 38.9 Å². The molecule has 0 spiro atoms. The van der Waals surface area contributed by atoms with Gasteiger partial charge in [0.2, 0.25) is 0 Å². The molecule has 1 aromatic heterocycles. The van der Waals surface area contributed by atoms with Gasteiger partial charge in [-0.1, -0.05) is 18.2 Å². The highest BCUT2D eigenvalue weighted by atomic mass is 16.3. The van der Waals surface area contributed by atoms with E-state index in [0.29, 0.717) is 13.1 Å². The maximum atomic E-state index is 11.8. The van der Waals surface area contributed by atoms with Gasteiger partial charge in [0.15, 0.2) is 0 Å². The van der Waals surface area contributed by atoms with Gasteiger partial charge in [-0.2, -0.15) is 5.10 Å². The Morgan fingerprint density at radius 3 is 2.52 bits per heavy atom. The third-order valence-corrected chi connectivity index (χ3v) is 4.09. The number of nitrogens with zero attached hydrogens (tertiary/aromatic N) is 4. The van der Waals surface area contributed by atoms with Crippen LogP contribution in [0.2, 0.25) is 0 Å². The first kappa shape index (κ1) is 15.7. The van der Waals surface area contributed by atoms with E-state index in [1.54, 1.807) is 4.90 Å². The quantitative estimate of drug-likeness (QED) is 0.911. The number of carbonyl (C=O) groups excluding carboxylic acids is 1. The molecule has 1 aliphatic heterocycles. The van der Waals surface area contributed by atoms with Crippen LogP contribution in [0.1, 0.15) is 12.6 Å². The van der Waals surface area contributed by atoms with Crippen molar-refractivity contribution in [1.82, 2.24) is 19.6 Å². The fraction of sp³-hybridized carbons (Fsp3) is 0.412. The van der Waals surface area contributed by atoms with Gasteiger partial charge in [-0.25, -0.2) is 4.68 Å². The molecule has 23 heavy (non-hydrogen) atoms. The Kier molecular flexibility index (Phi) is 4.73. The first-order chi connectivity index (χ1) is 11.1. The van der Waals surface area contributed by atoms with Crippen molar-refractivity contribution in [1.29, 1.82) is 0 Å². The van der Waals surface area contributed by atoms with Gasteiger partial charge < -0.3 is 10.0 Å². The SMILES string of the molecule is CC(O)C(=O)N1CCN(Cc2ccn(-c3ccccc3)n2)CC1. The molecular weight excluding hydrogens is 292 g/mol. The van der Waals surface area contributed by atoms with Gasteiger partial charge >= 0.3 is 0 Å². The maximum Gasteiger partial charge on any atom is 0.251 e. The molecule has 0 saturated carbocycles. The van der Waals surface area contributed by atoms with Gasteiger partial charge in [-0.3, -0.25) is 9.69 Å². The van der Waals surface area contributed by atoms with Gasteiger partial charge in [-0.15, -0.1) is 0 Å². The van der Waals surface area contributed by atoms with E-state index in [1.165, 1.54) is 6.92 Å². The first-order valence-electron chi connectivity index (χ1n) is 7.92. The Balaban J connectivity index is 1.55. The van der Waals surface area contributed by atoms with E-state index in [4.69, 9.17) is 0 Å². The van der Waals surface area contributed by atoms with E-state index in [-0.39, 0.29) is 5.91 Å². The number of para-hydroxylation sites is 1. The number of aromatic nitrogens is 2. The standard InChI is InChI=1S/C17H22N4O2/c1-14(22)17(23)20-11-9-19(10-12-20)13-15-7-8-21(18-15)16-5-3-2-4-6-16/h2-8,14,22H,9-13H2,1H3. The molecule has 1 unspecified atom stereocenters. The molecule has 122 valence electrons. The van der Waals surface area contributed by atoms with Crippen molar-refractivity contribution in [3.05, 3.63) is 48.3 Å². The van der Waals surface area contributed by atoms with Crippen molar-refractivity contribution in [2.75, 3.05) is 26.2 Å². The lowest BCUT2D eigenvalue weighted by atomic mass is 10.2. The van der Waals surface area contributed by atoms with Crippen molar-refractivity contribution >= 4 is 5.91 Å². The molecular formula is C17H22N4O2. The zero-order valence-electron chi connectivity index (χ0n) is 13.3. The summed E-state index contributed by atoms with van der Waals surface area (Å²) in [5.74, 6) is -0.182. The highest BCUT2D eigenvalue weighted by molar-refractivity contribution is 5.80. The molecule has 1 aromatic carbocycles. The van der Waals surface area contributed by atoms with Crippen LogP contribution in [-0.2, 0) is 11.3 Å². The number of aliphatic hydroxyl groups excluding tert-OH is 1. The smallest absolute Gasteiger partial charge is 0.251 e. The fourth-order valence-electron chi connectivity index (χ4n) is 2.79. The number of carbonyl (C=O) groups is 1. The molecule has 1 amide bonds. The topological polar surface area (TPSA) is 61.6 Å². The average Bonchev–Trinajstić information content (AvgIpc) is 3.04. The number of benzene rings is 1. The van der Waals surface area contributed by atoms with E-state index >= 15 is 0 Å². The normalized spacial score (nSPS) is 17.2. The van der Waals surface area contributed by atoms with Crippen LogP contribution in [0.5, 0.6) is 0 Å². The van der Waals surface area contributed by atoms with Crippen molar-refractivity contribution in [2.45, 2.75) is 19.6 Å². The molecule has 1 N–H and O–H groups in total. The lowest BCUT2D eigenvalue weighted by Gasteiger charge is -2.34. The van der Waals surface area contributed by atoms with Crippen LogP contribution in [0.25, 0.3) is 5.69 Å². The second-order valence-electron chi connectivity index (χ2n) is 5.86. The summed E-state index contributed by atoms with van der Waals surface area (Å²) in [5.41, 5.74) is 2.07. The minimum Gasteiger partial charge on any atom is -0.384 e. The Bertz CT molecular complexity index is 646. The molecule has 0 aliphatic carbocycles. The van der Waals surface area contributed by atoms with Gasteiger partial charge in [0.05, 0.1) is 11.4 Å².